The van der Waals surface area contributed by atoms with Crippen molar-refractivity contribution in [2.45, 2.75) is 22.1 Å². The summed E-state index contributed by atoms with van der Waals surface area (Å²) in [5, 5.41) is 9.41. The molecule has 0 radical (unpaired) electrons. The van der Waals surface area contributed by atoms with E-state index in [4.69, 9.17) is 23.2 Å². The van der Waals surface area contributed by atoms with Crippen LogP contribution in [0.15, 0.2) is 42.5 Å². The molecule has 24 heavy (non-hydrogen) atoms. The molecule has 2 aliphatic rings. The summed E-state index contributed by atoms with van der Waals surface area (Å²) in [6, 6.07) is 3.70. The maximum Gasteiger partial charge on any atom is 0.253 e. The zero-order chi connectivity index (χ0) is 17.9. The lowest BCUT2D eigenvalue weighted by atomic mass is 9.68. The minimum absolute atomic E-state index is 0.0609. The van der Waals surface area contributed by atoms with Gasteiger partial charge in [-0.2, -0.15) is 0 Å². The molecule has 3 rings (SSSR count). The van der Waals surface area contributed by atoms with Crippen LogP contribution < -0.4 is 0 Å². The Morgan fingerprint density at radius 3 is 2.62 bits per heavy atom. The number of benzene rings is 1. The van der Waals surface area contributed by atoms with Crippen LogP contribution in [-0.2, 0) is 9.59 Å². The largest absolute Gasteiger partial charge is 0.505 e. The second-order valence-corrected chi connectivity index (χ2v) is 7.18. The number of imide groups is 1. The topological polar surface area (TPSA) is 57.6 Å². The van der Waals surface area contributed by atoms with Gasteiger partial charge in [0.05, 0.1) is 0 Å². The second-order valence-electron chi connectivity index (χ2n) is 5.94. The zero-order valence-corrected chi connectivity index (χ0v) is 14.2. The van der Waals surface area contributed by atoms with Crippen molar-refractivity contribution in [3.63, 3.8) is 0 Å². The van der Waals surface area contributed by atoms with Gasteiger partial charge in [-0.05, 0) is 29.7 Å². The predicted molar refractivity (Wildman–Crippen MR) is 88.6 cm³/mol. The van der Waals surface area contributed by atoms with E-state index in [2.05, 4.69) is 6.58 Å². The quantitative estimate of drug-likeness (QED) is 0.643. The summed E-state index contributed by atoms with van der Waals surface area (Å²) in [5.41, 5.74) is 0.899. The van der Waals surface area contributed by atoms with Gasteiger partial charge >= 0.3 is 0 Å². The molecule has 7 heteroatoms. The molecule has 1 aliphatic heterocycles. The highest BCUT2D eigenvalue weighted by atomic mass is 35.5. The maximum atomic E-state index is 13.8. The monoisotopic (exact) mass is 369 g/mol. The average molecular weight is 370 g/mol. The number of phenolic OH excluding ortho intramolecular Hbond substituents is 1. The van der Waals surface area contributed by atoms with E-state index in [1.165, 1.54) is 25.3 Å². The minimum Gasteiger partial charge on any atom is -0.505 e. The Morgan fingerprint density at radius 1 is 1.38 bits per heavy atom. The zero-order valence-electron chi connectivity index (χ0n) is 12.7. The van der Waals surface area contributed by atoms with Crippen LogP contribution in [0.1, 0.15) is 17.9 Å². The van der Waals surface area contributed by atoms with Crippen molar-refractivity contribution in [2.24, 2.45) is 0 Å². The SMILES string of the molecule is C=CC1=CC[C@@]2(Cl)C(=O)N(C)C(=O)[C@@]2(Cl)[C@H]1c1ccc(O)c(F)c1. The lowest BCUT2D eigenvalue weighted by Crippen LogP contribution is -2.54. The third-order valence-electron chi connectivity index (χ3n) is 4.73. The van der Waals surface area contributed by atoms with Gasteiger partial charge < -0.3 is 5.11 Å². The lowest BCUT2D eigenvalue weighted by molar-refractivity contribution is -0.137. The molecule has 1 heterocycles. The van der Waals surface area contributed by atoms with Crippen molar-refractivity contribution in [3.8, 4) is 5.75 Å². The number of aromatic hydroxyl groups is 1. The van der Waals surface area contributed by atoms with Crippen molar-refractivity contribution < 1.29 is 19.1 Å². The molecular formula is C17H14Cl2FNO3. The number of nitrogens with zero attached hydrogens (tertiary/aromatic N) is 1. The number of carbonyl (C=O) groups is 2. The summed E-state index contributed by atoms with van der Waals surface area (Å²) in [7, 11) is 1.32. The van der Waals surface area contributed by atoms with Crippen molar-refractivity contribution >= 4 is 35.0 Å². The number of hydrogen-bond acceptors (Lipinski definition) is 3. The van der Waals surface area contributed by atoms with Gasteiger partial charge in [-0.3, -0.25) is 14.5 Å². The van der Waals surface area contributed by atoms with Crippen molar-refractivity contribution in [1.82, 2.24) is 4.90 Å². The molecule has 2 amide bonds. The van der Waals surface area contributed by atoms with E-state index in [1.807, 2.05) is 0 Å². The first kappa shape index (κ1) is 17.0. The van der Waals surface area contributed by atoms with Gasteiger partial charge in [0.1, 0.15) is 0 Å². The molecule has 4 nitrogen and oxygen atoms in total. The Kier molecular flexibility index (Phi) is 3.77. The summed E-state index contributed by atoms with van der Waals surface area (Å²) in [6.07, 6.45) is 3.25. The molecule has 1 saturated heterocycles. The molecule has 1 aliphatic carbocycles. The number of amides is 2. The molecule has 0 bridgehead atoms. The number of likely N-dealkylation sites (tertiary alicyclic amines) is 1. The van der Waals surface area contributed by atoms with Gasteiger partial charge in [0.25, 0.3) is 11.8 Å². The number of halogens is 3. The highest BCUT2D eigenvalue weighted by Gasteiger charge is 2.72. The fraction of sp³-hybridized carbons (Fsp3) is 0.294. The molecule has 0 unspecified atom stereocenters. The highest BCUT2D eigenvalue weighted by Crippen LogP contribution is 2.58. The predicted octanol–water partition coefficient (Wildman–Crippen LogP) is 3.08. The summed E-state index contributed by atoms with van der Waals surface area (Å²) >= 11 is 13.2. The van der Waals surface area contributed by atoms with Gasteiger partial charge in [0.2, 0.25) is 0 Å². The van der Waals surface area contributed by atoms with Gasteiger partial charge in [-0.25, -0.2) is 4.39 Å². The van der Waals surface area contributed by atoms with Gasteiger partial charge in [0.15, 0.2) is 21.3 Å². The number of alkyl halides is 2. The first-order valence-electron chi connectivity index (χ1n) is 7.19. The molecular weight excluding hydrogens is 356 g/mol. The molecule has 1 aromatic rings. The standard InChI is InChI=1S/C17H14Cl2FNO3/c1-3-9-6-7-16(18)14(23)21(2)15(24)17(16,19)13(9)10-4-5-12(22)11(20)8-10/h3-6,8,13,22H,1,7H2,2H3/t13-,16-,17+/m1/s1. The Labute approximate surface area is 148 Å². The molecule has 126 valence electrons. The van der Waals surface area contributed by atoms with Crippen molar-refractivity contribution in [3.05, 3.63) is 53.9 Å². The van der Waals surface area contributed by atoms with Gasteiger partial charge in [-0.15, -0.1) is 23.2 Å². The summed E-state index contributed by atoms with van der Waals surface area (Å²) in [6.45, 7) is 3.71. The number of hydrogen-bond donors (Lipinski definition) is 1. The van der Waals surface area contributed by atoms with Crippen molar-refractivity contribution in [1.29, 1.82) is 0 Å². The molecule has 0 saturated carbocycles. The normalized spacial score (nSPS) is 32.6. The van der Waals surface area contributed by atoms with Crippen LogP contribution in [0.4, 0.5) is 4.39 Å². The second kappa shape index (κ2) is 5.33. The van der Waals surface area contributed by atoms with Crippen LogP contribution in [-0.4, -0.2) is 38.6 Å². The van der Waals surface area contributed by atoms with E-state index in [1.54, 1.807) is 6.08 Å². The number of phenols is 1. The van der Waals surface area contributed by atoms with Crippen LogP contribution in [0.2, 0.25) is 0 Å². The van der Waals surface area contributed by atoms with E-state index >= 15 is 0 Å². The van der Waals surface area contributed by atoms with Gasteiger partial charge in [-0.1, -0.05) is 24.8 Å². The first-order chi connectivity index (χ1) is 11.2. The van der Waals surface area contributed by atoms with Crippen LogP contribution >= 0.6 is 23.2 Å². The van der Waals surface area contributed by atoms with Crippen molar-refractivity contribution in [2.75, 3.05) is 7.05 Å². The summed E-state index contributed by atoms with van der Waals surface area (Å²) in [4.78, 5) is 22.7. The van der Waals surface area contributed by atoms with E-state index in [9.17, 15) is 19.1 Å². The Balaban J connectivity index is 2.28. The molecule has 0 aromatic heterocycles. The van der Waals surface area contributed by atoms with E-state index < -0.39 is 39.0 Å². The molecule has 0 spiro atoms. The molecule has 1 aromatic carbocycles. The summed E-state index contributed by atoms with van der Waals surface area (Å²) < 4.78 is 13.8. The van der Waals surface area contributed by atoms with Crippen LogP contribution in [0.25, 0.3) is 0 Å². The van der Waals surface area contributed by atoms with E-state index in [0.29, 0.717) is 11.1 Å². The average Bonchev–Trinajstić information content (AvgIpc) is 2.69. The number of rotatable bonds is 2. The fourth-order valence-corrected chi connectivity index (χ4v) is 4.38. The number of fused-ring (bicyclic) bond motifs is 1. The lowest BCUT2D eigenvalue weighted by Gasteiger charge is -2.42. The van der Waals surface area contributed by atoms with Crippen LogP contribution in [0, 0.1) is 5.82 Å². The Hall–Kier alpha value is -1.85. The third-order valence-corrected chi connectivity index (χ3v) is 6.14. The smallest absolute Gasteiger partial charge is 0.253 e. The Bertz CT molecular complexity index is 809. The molecule has 1 N–H and O–H groups in total. The van der Waals surface area contributed by atoms with E-state index in [-0.39, 0.29) is 6.42 Å². The molecule has 3 atom stereocenters. The van der Waals surface area contributed by atoms with Crippen LogP contribution in [0.3, 0.4) is 0 Å². The maximum absolute atomic E-state index is 13.8. The van der Waals surface area contributed by atoms with Gasteiger partial charge in [0, 0.05) is 13.0 Å². The van der Waals surface area contributed by atoms with Crippen LogP contribution in [0.5, 0.6) is 5.75 Å². The third kappa shape index (κ3) is 1.91. The highest BCUT2D eigenvalue weighted by molar-refractivity contribution is 6.53. The minimum atomic E-state index is -1.80. The number of carbonyl (C=O) groups excluding carboxylic acids is 2. The molecule has 1 fully saturated rings. The summed E-state index contributed by atoms with van der Waals surface area (Å²) in [5.74, 6) is -3.49. The first-order valence-corrected chi connectivity index (χ1v) is 7.95. The number of allylic oxidation sites excluding steroid dienone is 3. The Morgan fingerprint density at radius 2 is 2.04 bits per heavy atom. The van der Waals surface area contributed by atoms with E-state index in [0.717, 1.165) is 11.0 Å². The fourth-order valence-electron chi connectivity index (χ4n) is 3.45.